The van der Waals surface area contributed by atoms with Crippen molar-refractivity contribution in [3.05, 3.63) is 5.82 Å². The summed E-state index contributed by atoms with van der Waals surface area (Å²) in [4.78, 5) is 0. The second kappa shape index (κ2) is 4.53. The highest BCUT2D eigenvalue weighted by molar-refractivity contribution is 7.99. The van der Waals surface area contributed by atoms with Gasteiger partial charge in [0.15, 0.2) is 5.16 Å². The van der Waals surface area contributed by atoms with E-state index in [4.69, 9.17) is 0 Å². The van der Waals surface area contributed by atoms with Crippen LogP contribution in [0.3, 0.4) is 0 Å². The predicted molar refractivity (Wildman–Crippen MR) is 60.1 cm³/mol. The summed E-state index contributed by atoms with van der Waals surface area (Å²) < 4.78 is 2.20. The van der Waals surface area contributed by atoms with Crippen molar-refractivity contribution in [1.29, 1.82) is 0 Å². The third-order valence-corrected chi connectivity index (χ3v) is 3.71. The number of rotatable bonds is 5. The van der Waals surface area contributed by atoms with E-state index in [-0.39, 0.29) is 6.10 Å². The van der Waals surface area contributed by atoms with Gasteiger partial charge in [-0.2, -0.15) is 0 Å². The molecule has 1 saturated carbocycles. The number of aliphatic hydroxyl groups excluding tert-OH is 1. The zero-order chi connectivity index (χ0) is 10.8. The minimum atomic E-state index is -0.236. The largest absolute Gasteiger partial charge is 0.392 e. The van der Waals surface area contributed by atoms with Crippen LogP contribution in [0.1, 0.15) is 38.1 Å². The van der Waals surface area contributed by atoms with Gasteiger partial charge < -0.3 is 9.67 Å². The summed E-state index contributed by atoms with van der Waals surface area (Å²) in [5.41, 5.74) is 0. The van der Waals surface area contributed by atoms with Gasteiger partial charge in [-0.3, -0.25) is 0 Å². The van der Waals surface area contributed by atoms with Gasteiger partial charge in [0.25, 0.3) is 0 Å². The number of aryl methyl sites for hydroxylation is 1. The molecule has 84 valence electrons. The Morgan fingerprint density at radius 2 is 2.27 bits per heavy atom. The Morgan fingerprint density at radius 1 is 1.53 bits per heavy atom. The van der Waals surface area contributed by atoms with Crippen LogP contribution >= 0.6 is 11.8 Å². The molecular weight excluding hydrogens is 210 g/mol. The van der Waals surface area contributed by atoms with E-state index in [0.717, 1.165) is 17.4 Å². The molecule has 0 amide bonds. The molecule has 1 aromatic heterocycles. The Hall–Kier alpha value is -0.550. The number of nitrogens with zero attached hydrogens (tertiary/aromatic N) is 3. The quantitative estimate of drug-likeness (QED) is 0.779. The van der Waals surface area contributed by atoms with Gasteiger partial charge in [-0.25, -0.2) is 0 Å². The summed E-state index contributed by atoms with van der Waals surface area (Å²) in [6, 6.07) is 0.612. The highest BCUT2D eigenvalue weighted by atomic mass is 32.2. The van der Waals surface area contributed by atoms with Crippen molar-refractivity contribution >= 4 is 11.8 Å². The maximum atomic E-state index is 9.49. The molecule has 0 unspecified atom stereocenters. The highest BCUT2D eigenvalue weighted by Crippen LogP contribution is 2.38. The summed E-state index contributed by atoms with van der Waals surface area (Å²) in [6.45, 7) is 3.98. The Kier molecular flexibility index (Phi) is 3.31. The number of hydrogen-bond donors (Lipinski definition) is 1. The molecule has 1 fully saturated rings. The molecule has 1 aromatic rings. The lowest BCUT2D eigenvalue weighted by Gasteiger charge is -2.08. The molecule has 1 atom stereocenters. The fourth-order valence-electron chi connectivity index (χ4n) is 1.49. The van der Waals surface area contributed by atoms with Crippen LogP contribution in [0, 0.1) is 6.92 Å². The molecule has 0 saturated heterocycles. The number of aliphatic hydroxyl groups is 1. The van der Waals surface area contributed by atoms with E-state index in [9.17, 15) is 5.11 Å². The average Bonchev–Trinajstić information content (AvgIpc) is 3.00. The standard InChI is InChI=1S/C10H17N3OS/c1-3-9(14)6-15-10-12-11-7(2)13(10)8-4-5-8/h8-9,14H,3-6H2,1-2H3/t9-/m1/s1. The van der Waals surface area contributed by atoms with Crippen LogP contribution in [0.2, 0.25) is 0 Å². The maximum absolute atomic E-state index is 9.49. The van der Waals surface area contributed by atoms with Gasteiger partial charge in [0, 0.05) is 11.8 Å². The number of thioether (sulfide) groups is 1. The van der Waals surface area contributed by atoms with Gasteiger partial charge in [-0.1, -0.05) is 18.7 Å². The molecule has 0 spiro atoms. The summed E-state index contributed by atoms with van der Waals surface area (Å²) in [5, 5.41) is 18.7. The molecule has 2 rings (SSSR count). The van der Waals surface area contributed by atoms with E-state index >= 15 is 0 Å². The Bertz CT molecular complexity index is 335. The first-order valence-corrected chi connectivity index (χ1v) is 6.43. The molecule has 1 heterocycles. The summed E-state index contributed by atoms with van der Waals surface area (Å²) in [6.07, 6.45) is 3.04. The van der Waals surface area contributed by atoms with E-state index < -0.39 is 0 Å². The molecule has 0 aliphatic heterocycles. The smallest absolute Gasteiger partial charge is 0.191 e. The van der Waals surface area contributed by atoms with Gasteiger partial charge in [-0.05, 0) is 26.2 Å². The van der Waals surface area contributed by atoms with Gasteiger partial charge in [-0.15, -0.1) is 10.2 Å². The Morgan fingerprint density at radius 3 is 2.87 bits per heavy atom. The minimum absolute atomic E-state index is 0.236. The topological polar surface area (TPSA) is 50.9 Å². The van der Waals surface area contributed by atoms with Crippen molar-refractivity contribution in [2.45, 2.75) is 50.4 Å². The second-order valence-electron chi connectivity index (χ2n) is 4.00. The third kappa shape index (κ3) is 2.52. The monoisotopic (exact) mass is 227 g/mol. The minimum Gasteiger partial charge on any atom is -0.392 e. The normalized spacial score (nSPS) is 18.1. The zero-order valence-electron chi connectivity index (χ0n) is 9.18. The van der Waals surface area contributed by atoms with Crippen LogP contribution in [0.15, 0.2) is 5.16 Å². The fourth-order valence-corrected chi connectivity index (χ4v) is 2.59. The molecule has 1 N–H and O–H groups in total. The van der Waals surface area contributed by atoms with Crippen LogP contribution in [0.25, 0.3) is 0 Å². The molecule has 0 bridgehead atoms. The number of hydrogen-bond acceptors (Lipinski definition) is 4. The van der Waals surface area contributed by atoms with Crippen molar-refractivity contribution in [1.82, 2.24) is 14.8 Å². The van der Waals surface area contributed by atoms with Gasteiger partial charge in [0.2, 0.25) is 0 Å². The molecule has 5 heteroatoms. The first kappa shape index (κ1) is 11.0. The highest BCUT2D eigenvalue weighted by Gasteiger charge is 2.28. The van der Waals surface area contributed by atoms with Crippen molar-refractivity contribution in [2.24, 2.45) is 0 Å². The van der Waals surface area contributed by atoms with Crippen molar-refractivity contribution in [3.8, 4) is 0 Å². The van der Waals surface area contributed by atoms with Crippen molar-refractivity contribution in [3.63, 3.8) is 0 Å². The first-order valence-electron chi connectivity index (χ1n) is 5.44. The molecule has 0 aromatic carbocycles. The van der Waals surface area contributed by atoms with E-state index in [1.54, 1.807) is 11.8 Å². The predicted octanol–water partition coefficient (Wildman–Crippen LogP) is 1.78. The lowest BCUT2D eigenvalue weighted by molar-refractivity contribution is 0.195. The van der Waals surface area contributed by atoms with Gasteiger partial charge in [0.05, 0.1) is 6.10 Å². The Labute approximate surface area is 94.1 Å². The first-order chi connectivity index (χ1) is 7.22. The molecule has 0 radical (unpaired) electrons. The third-order valence-electron chi connectivity index (χ3n) is 2.62. The van der Waals surface area contributed by atoms with Crippen LogP contribution in [-0.4, -0.2) is 31.7 Å². The summed E-state index contributed by atoms with van der Waals surface area (Å²) in [5.74, 6) is 1.70. The number of aromatic nitrogens is 3. The molecule has 1 aliphatic rings. The zero-order valence-corrected chi connectivity index (χ0v) is 10.00. The molecule has 1 aliphatic carbocycles. The lowest BCUT2D eigenvalue weighted by Crippen LogP contribution is -2.09. The Balaban J connectivity index is 2.01. The summed E-state index contributed by atoms with van der Waals surface area (Å²) in [7, 11) is 0. The van der Waals surface area contributed by atoms with E-state index in [1.165, 1.54) is 12.8 Å². The van der Waals surface area contributed by atoms with Crippen LogP contribution in [0.5, 0.6) is 0 Å². The SMILES string of the molecule is CC[C@@H](O)CSc1nnc(C)n1C1CC1. The van der Waals surface area contributed by atoms with Crippen LogP contribution < -0.4 is 0 Å². The van der Waals surface area contributed by atoms with E-state index in [2.05, 4.69) is 14.8 Å². The fraction of sp³-hybridized carbons (Fsp3) is 0.800. The van der Waals surface area contributed by atoms with E-state index in [0.29, 0.717) is 11.8 Å². The lowest BCUT2D eigenvalue weighted by atomic mass is 10.3. The van der Waals surface area contributed by atoms with Gasteiger partial charge in [0.1, 0.15) is 5.82 Å². The molecule has 4 nitrogen and oxygen atoms in total. The summed E-state index contributed by atoms with van der Waals surface area (Å²) >= 11 is 1.61. The maximum Gasteiger partial charge on any atom is 0.191 e. The molecule has 15 heavy (non-hydrogen) atoms. The van der Waals surface area contributed by atoms with Crippen LogP contribution in [0.4, 0.5) is 0 Å². The second-order valence-corrected chi connectivity index (χ2v) is 4.99. The van der Waals surface area contributed by atoms with E-state index in [1.807, 2.05) is 13.8 Å². The van der Waals surface area contributed by atoms with Crippen molar-refractivity contribution < 1.29 is 5.11 Å². The molecular formula is C10H17N3OS. The average molecular weight is 227 g/mol. The van der Waals surface area contributed by atoms with Crippen molar-refractivity contribution in [2.75, 3.05) is 5.75 Å². The van der Waals surface area contributed by atoms with Crippen LogP contribution in [-0.2, 0) is 0 Å². The van der Waals surface area contributed by atoms with Gasteiger partial charge >= 0.3 is 0 Å².